The second kappa shape index (κ2) is 6.73. The van der Waals surface area contributed by atoms with Crippen LogP contribution in [-0.2, 0) is 11.8 Å². The maximum Gasteiger partial charge on any atom is 0.408 e. The molecule has 3 aromatic rings. The molecule has 2 aromatic heterocycles. The van der Waals surface area contributed by atoms with Crippen LogP contribution in [0.2, 0.25) is 0 Å². The van der Waals surface area contributed by atoms with Gasteiger partial charge in [0.15, 0.2) is 6.10 Å². The van der Waals surface area contributed by atoms with Crippen molar-refractivity contribution in [2.24, 2.45) is 7.05 Å². The minimum Gasteiger partial charge on any atom is -0.437 e. The molecule has 1 aromatic carbocycles. The highest BCUT2D eigenvalue weighted by Gasteiger charge is 2.38. The van der Waals surface area contributed by atoms with E-state index in [1.807, 2.05) is 49.5 Å². The van der Waals surface area contributed by atoms with Crippen molar-refractivity contribution in [2.75, 3.05) is 0 Å². The fourth-order valence-electron chi connectivity index (χ4n) is 2.93. The number of nitrogens with zero attached hydrogens (tertiary/aromatic N) is 3. The number of aryl methyl sites for hydroxylation is 1. The van der Waals surface area contributed by atoms with E-state index in [1.165, 1.54) is 0 Å². The van der Waals surface area contributed by atoms with Crippen molar-refractivity contribution in [3.05, 3.63) is 83.4 Å². The van der Waals surface area contributed by atoms with Crippen molar-refractivity contribution < 1.29 is 9.53 Å². The molecule has 0 aliphatic carbocycles. The molecule has 1 amide bonds. The molecular weight excluding hydrogens is 328 g/mol. The number of pyridine rings is 1. The Balaban J connectivity index is 1.64. The Bertz CT molecular complexity index is 1000. The Labute approximate surface area is 150 Å². The maximum atomic E-state index is 11.8. The molecule has 0 unspecified atom stereocenters. The van der Waals surface area contributed by atoms with Gasteiger partial charge in [0, 0.05) is 36.8 Å². The summed E-state index contributed by atoms with van der Waals surface area (Å²) in [5.41, 5.74) is 3.36. The molecule has 26 heavy (non-hydrogen) atoms. The normalized spacial score (nSPS) is 18.6. The van der Waals surface area contributed by atoms with Gasteiger partial charge in [-0.05, 0) is 29.8 Å². The lowest BCUT2D eigenvalue weighted by Crippen LogP contribution is -2.20. The molecule has 1 aliphatic heterocycles. The van der Waals surface area contributed by atoms with Gasteiger partial charge in [-0.2, -0.15) is 5.10 Å². The number of hydrogen-bond donors (Lipinski definition) is 1. The molecule has 2 atom stereocenters. The molecule has 1 aliphatic rings. The summed E-state index contributed by atoms with van der Waals surface area (Å²) >= 11 is 0. The smallest absolute Gasteiger partial charge is 0.408 e. The van der Waals surface area contributed by atoms with Gasteiger partial charge in [0.1, 0.15) is 6.04 Å². The highest BCUT2D eigenvalue weighted by molar-refractivity contribution is 5.71. The van der Waals surface area contributed by atoms with E-state index in [-0.39, 0.29) is 6.04 Å². The van der Waals surface area contributed by atoms with Gasteiger partial charge in [-0.1, -0.05) is 30.0 Å². The first-order valence-corrected chi connectivity index (χ1v) is 8.18. The van der Waals surface area contributed by atoms with E-state index in [4.69, 9.17) is 4.74 Å². The Hall–Kier alpha value is -3.59. The van der Waals surface area contributed by atoms with E-state index in [0.29, 0.717) is 0 Å². The number of aromatic nitrogens is 3. The number of carbonyl (C=O) groups is 1. The summed E-state index contributed by atoms with van der Waals surface area (Å²) in [5.74, 6) is 6.23. The van der Waals surface area contributed by atoms with Crippen molar-refractivity contribution in [1.82, 2.24) is 20.1 Å². The molecule has 1 fully saturated rings. The number of rotatable bonds is 2. The Morgan fingerprint density at radius 2 is 1.92 bits per heavy atom. The lowest BCUT2D eigenvalue weighted by Gasteiger charge is -2.17. The molecule has 1 N–H and O–H groups in total. The fourth-order valence-corrected chi connectivity index (χ4v) is 2.93. The van der Waals surface area contributed by atoms with Crippen LogP contribution >= 0.6 is 0 Å². The van der Waals surface area contributed by atoms with Gasteiger partial charge in [0.2, 0.25) is 0 Å². The van der Waals surface area contributed by atoms with Gasteiger partial charge < -0.3 is 10.1 Å². The number of hydrogen-bond acceptors (Lipinski definition) is 4. The predicted molar refractivity (Wildman–Crippen MR) is 95.0 cm³/mol. The van der Waals surface area contributed by atoms with E-state index in [1.54, 1.807) is 23.3 Å². The van der Waals surface area contributed by atoms with Gasteiger partial charge in [0.25, 0.3) is 0 Å². The Morgan fingerprint density at radius 3 is 2.69 bits per heavy atom. The van der Waals surface area contributed by atoms with Crippen molar-refractivity contribution >= 4 is 6.09 Å². The lowest BCUT2D eigenvalue weighted by molar-refractivity contribution is 0.127. The van der Waals surface area contributed by atoms with Crippen LogP contribution in [0.3, 0.4) is 0 Å². The molecule has 6 nitrogen and oxygen atoms in total. The van der Waals surface area contributed by atoms with Crippen LogP contribution in [0.1, 0.15) is 34.5 Å². The number of amides is 1. The molecule has 128 valence electrons. The monoisotopic (exact) mass is 344 g/mol. The molecule has 0 bridgehead atoms. The first kappa shape index (κ1) is 15.9. The van der Waals surface area contributed by atoms with Crippen molar-refractivity contribution in [2.45, 2.75) is 12.1 Å². The number of carbonyl (C=O) groups excluding carboxylic acids is 1. The number of ether oxygens (including phenoxy) is 1. The van der Waals surface area contributed by atoms with Crippen LogP contribution in [0.5, 0.6) is 0 Å². The van der Waals surface area contributed by atoms with Crippen LogP contribution in [0, 0.1) is 11.8 Å². The second-order valence-corrected chi connectivity index (χ2v) is 5.95. The quantitative estimate of drug-likeness (QED) is 0.726. The molecule has 3 heterocycles. The summed E-state index contributed by atoms with van der Waals surface area (Å²) < 4.78 is 7.15. The van der Waals surface area contributed by atoms with Gasteiger partial charge in [-0.15, -0.1) is 0 Å². The average Bonchev–Trinajstić information content (AvgIpc) is 3.26. The van der Waals surface area contributed by atoms with E-state index in [0.717, 1.165) is 22.4 Å². The van der Waals surface area contributed by atoms with Crippen LogP contribution < -0.4 is 5.32 Å². The summed E-state index contributed by atoms with van der Waals surface area (Å²) in [6.07, 6.45) is 4.18. The SMILES string of the molecule is Cn1nccc1[C@@H]1OC(=O)N[C@H]1c1cncc(C#Cc2ccccc2)c1. The summed E-state index contributed by atoms with van der Waals surface area (Å²) in [6.45, 7) is 0. The number of benzene rings is 1. The first-order valence-electron chi connectivity index (χ1n) is 8.18. The Kier molecular flexibility index (Phi) is 4.12. The number of nitrogens with one attached hydrogen (secondary N) is 1. The second-order valence-electron chi connectivity index (χ2n) is 5.95. The number of alkyl carbamates (subject to hydrolysis) is 1. The van der Waals surface area contributed by atoms with Crippen LogP contribution in [0.15, 0.2) is 61.1 Å². The summed E-state index contributed by atoms with van der Waals surface area (Å²) in [5, 5.41) is 7.00. The summed E-state index contributed by atoms with van der Waals surface area (Å²) in [6, 6.07) is 13.2. The minimum absolute atomic E-state index is 0.344. The van der Waals surface area contributed by atoms with Crippen LogP contribution in [-0.4, -0.2) is 20.9 Å². The number of cyclic esters (lactones) is 1. The molecular formula is C20H16N4O2. The van der Waals surface area contributed by atoms with Crippen molar-refractivity contribution in [3.8, 4) is 11.8 Å². The molecule has 1 saturated heterocycles. The van der Waals surface area contributed by atoms with Gasteiger partial charge in [0.05, 0.1) is 5.69 Å². The van der Waals surface area contributed by atoms with E-state index >= 15 is 0 Å². The average molecular weight is 344 g/mol. The minimum atomic E-state index is -0.464. The molecule has 4 rings (SSSR count). The largest absolute Gasteiger partial charge is 0.437 e. The topological polar surface area (TPSA) is 69.0 Å². The van der Waals surface area contributed by atoms with Crippen molar-refractivity contribution in [1.29, 1.82) is 0 Å². The third kappa shape index (κ3) is 3.15. The van der Waals surface area contributed by atoms with Gasteiger partial charge in [-0.3, -0.25) is 9.67 Å². The summed E-state index contributed by atoms with van der Waals surface area (Å²) in [4.78, 5) is 16.1. The third-order valence-corrected chi connectivity index (χ3v) is 4.20. The van der Waals surface area contributed by atoms with E-state index in [9.17, 15) is 4.79 Å². The maximum absolute atomic E-state index is 11.8. The zero-order chi connectivity index (χ0) is 17.9. The van der Waals surface area contributed by atoms with Crippen LogP contribution in [0.25, 0.3) is 0 Å². The molecule has 0 radical (unpaired) electrons. The Morgan fingerprint density at radius 1 is 1.12 bits per heavy atom. The summed E-state index contributed by atoms with van der Waals surface area (Å²) in [7, 11) is 1.82. The van der Waals surface area contributed by atoms with E-state index < -0.39 is 12.2 Å². The lowest BCUT2D eigenvalue weighted by atomic mass is 10.0. The highest BCUT2D eigenvalue weighted by Crippen LogP contribution is 2.36. The van der Waals surface area contributed by atoms with Crippen molar-refractivity contribution in [3.63, 3.8) is 0 Å². The predicted octanol–water partition coefficient (Wildman–Crippen LogP) is 2.74. The zero-order valence-corrected chi connectivity index (χ0v) is 14.1. The molecule has 0 saturated carbocycles. The van der Waals surface area contributed by atoms with E-state index in [2.05, 4.69) is 27.2 Å². The van der Waals surface area contributed by atoms with Crippen LogP contribution in [0.4, 0.5) is 4.79 Å². The third-order valence-electron chi connectivity index (χ3n) is 4.20. The van der Waals surface area contributed by atoms with Gasteiger partial charge >= 0.3 is 6.09 Å². The zero-order valence-electron chi connectivity index (χ0n) is 14.1. The first-order chi connectivity index (χ1) is 12.7. The standard InChI is InChI=1S/C20H16N4O2/c1-24-17(9-10-22-24)19-18(23-20(25)26-19)16-11-15(12-21-13-16)8-7-14-5-3-2-4-6-14/h2-6,9-13,18-19H,1H3,(H,23,25)/t18-,19-/m0/s1. The molecule has 0 spiro atoms. The highest BCUT2D eigenvalue weighted by atomic mass is 16.6. The van der Waals surface area contributed by atoms with Gasteiger partial charge in [-0.25, -0.2) is 4.79 Å². The molecule has 6 heteroatoms. The fraction of sp³-hybridized carbons (Fsp3) is 0.150.